The lowest BCUT2D eigenvalue weighted by Crippen LogP contribution is -2.44. The SMILES string of the molecule is COC(=O)[C@H]1[C@@H](O)CCC(=O)N2CCC[C@@H]12. The number of nitrogens with zero attached hydrogens (tertiary/aromatic N) is 1. The van der Waals surface area contributed by atoms with Crippen molar-refractivity contribution >= 4 is 11.9 Å². The Morgan fingerprint density at radius 3 is 2.94 bits per heavy atom. The van der Waals surface area contributed by atoms with Crippen LogP contribution in [0.25, 0.3) is 0 Å². The summed E-state index contributed by atoms with van der Waals surface area (Å²) in [4.78, 5) is 25.2. The van der Waals surface area contributed by atoms with Crippen LogP contribution in [0.5, 0.6) is 0 Å². The van der Waals surface area contributed by atoms with Crippen LogP contribution in [0, 0.1) is 5.92 Å². The maximum absolute atomic E-state index is 11.8. The van der Waals surface area contributed by atoms with E-state index < -0.39 is 18.0 Å². The summed E-state index contributed by atoms with van der Waals surface area (Å²) in [5.74, 6) is -0.925. The van der Waals surface area contributed by atoms with Crippen molar-refractivity contribution in [1.82, 2.24) is 4.90 Å². The Bertz CT molecular complexity index is 304. The van der Waals surface area contributed by atoms with Gasteiger partial charge in [0.1, 0.15) is 5.92 Å². The first-order valence-corrected chi connectivity index (χ1v) is 5.70. The first-order chi connectivity index (χ1) is 7.65. The van der Waals surface area contributed by atoms with Crippen LogP contribution >= 0.6 is 0 Å². The number of carbonyl (C=O) groups excluding carboxylic acids is 2. The van der Waals surface area contributed by atoms with E-state index in [2.05, 4.69) is 0 Å². The topological polar surface area (TPSA) is 66.8 Å². The van der Waals surface area contributed by atoms with E-state index in [-0.39, 0.29) is 11.9 Å². The molecule has 0 radical (unpaired) electrons. The van der Waals surface area contributed by atoms with Gasteiger partial charge in [-0.05, 0) is 19.3 Å². The zero-order valence-corrected chi connectivity index (χ0v) is 9.39. The Morgan fingerprint density at radius 2 is 2.25 bits per heavy atom. The molecule has 2 heterocycles. The molecule has 2 rings (SSSR count). The number of fused-ring (bicyclic) bond motifs is 1. The van der Waals surface area contributed by atoms with Crippen molar-refractivity contribution in [2.75, 3.05) is 13.7 Å². The summed E-state index contributed by atoms with van der Waals surface area (Å²) < 4.78 is 4.72. The summed E-state index contributed by atoms with van der Waals surface area (Å²) in [6, 6.07) is -0.169. The van der Waals surface area contributed by atoms with Gasteiger partial charge in [0.15, 0.2) is 0 Å². The molecule has 0 aromatic carbocycles. The molecule has 0 aliphatic carbocycles. The van der Waals surface area contributed by atoms with Crippen molar-refractivity contribution < 1.29 is 19.4 Å². The van der Waals surface area contributed by atoms with E-state index in [0.29, 0.717) is 19.4 Å². The van der Waals surface area contributed by atoms with Crippen LogP contribution in [0.3, 0.4) is 0 Å². The third-order valence-corrected chi connectivity index (χ3v) is 3.58. The summed E-state index contributed by atoms with van der Waals surface area (Å²) in [5, 5.41) is 9.94. The predicted octanol–water partition coefficient (Wildman–Crippen LogP) is -0.0787. The molecule has 5 heteroatoms. The second-order valence-electron chi connectivity index (χ2n) is 4.45. The number of amides is 1. The molecule has 1 amide bonds. The van der Waals surface area contributed by atoms with Gasteiger partial charge in [-0.2, -0.15) is 0 Å². The molecule has 1 N–H and O–H groups in total. The fraction of sp³-hybridized carbons (Fsp3) is 0.818. The van der Waals surface area contributed by atoms with Crippen LogP contribution < -0.4 is 0 Å². The molecule has 5 nitrogen and oxygen atoms in total. The van der Waals surface area contributed by atoms with Gasteiger partial charge < -0.3 is 14.7 Å². The Hall–Kier alpha value is -1.10. The highest BCUT2D eigenvalue weighted by molar-refractivity contribution is 5.80. The molecule has 0 spiro atoms. The number of aliphatic hydroxyl groups excluding tert-OH is 1. The standard InChI is InChI=1S/C11H17NO4/c1-16-11(15)10-7-3-2-6-12(7)9(14)5-4-8(10)13/h7-8,10,13H,2-6H2,1H3/t7-,8-,10+/m0/s1. The zero-order chi connectivity index (χ0) is 11.7. The maximum atomic E-state index is 11.8. The van der Waals surface area contributed by atoms with Crippen molar-refractivity contribution in [1.29, 1.82) is 0 Å². The lowest BCUT2D eigenvalue weighted by molar-refractivity contribution is -0.152. The average Bonchev–Trinajstić information content (AvgIpc) is 2.70. The van der Waals surface area contributed by atoms with E-state index in [0.717, 1.165) is 12.8 Å². The molecule has 0 aromatic heterocycles. The molecule has 0 saturated carbocycles. The van der Waals surface area contributed by atoms with Crippen molar-refractivity contribution in [2.45, 2.75) is 37.8 Å². The molecular formula is C11H17NO4. The zero-order valence-electron chi connectivity index (χ0n) is 9.39. The summed E-state index contributed by atoms with van der Waals surface area (Å²) in [6.07, 6.45) is 1.60. The summed E-state index contributed by atoms with van der Waals surface area (Å²) >= 11 is 0. The highest BCUT2D eigenvalue weighted by atomic mass is 16.5. The molecule has 16 heavy (non-hydrogen) atoms. The number of rotatable bonds is 1. The van der Waals surface area contributed by atoms with Crippen LogP contribution in [0.1, 0.15) is 25.7 Å². The molecule has 90 valence electrons. The monoisotopic (exact) mass is 227 g/mol. The lowest BCUT2D eigenvalue weighted by Gasteiger charge is -2.29. The number of carbonyl (C=O) groups is 2. The molecule has 2 saturated heterocycles. The van der Waals surface area contributed by atoms with E-state index in [4.69, 9.17) is 4.74 Å². The van der Waals surface area contributed by atoms with Gasteiger partial charge in [0.05, 0.1) is 13.2 Å². The largest absolute Gasteiger partial charge is 0.469 e. The number of hydrogen-bond acceptors (Lipinski definition) is 4. The Labute approximate surface area is 94.4 Å². The van der Waals surface area contributed by atoms with E-state index in [9.17, 15) is 14.7 Å². The van der Waals surface area contributed by atoms with Crippen LogP contribution in [0.4, 0.5) is 0 Å². The summed E-state index contributed by atoms with van der Waals surface area (Å²) in [5.41, 5.74) is 0. The van der Waals surface area contributed by atoms with E-state index >= 15 is 0 Å². The van der Waals surface area contributed by atoms with E-state index in [1.165, 1.54) is 7.11 Å². The molecule has 0 unspecified atom stereocenters. The normalized spacial score (nSPS) is 34.5. The second kappa shape index (κ2) is 4.41. The van der Waals surface area contributed by atoms with Crippen molar-refractivity contribution in [2.24, 2.45) is 5.92 Å². The van der Waals surface area contributed by atoms with Crippen LogP contribution in [-0.4, -0.2) is 47.7 Å². The number of aliphatic hydroxyl groups is 1. The van der Waals surface area contributed by atoms with Crippen LogP contribution in [-0.2, 0) is 14.3 Å². The fourth-order valence-corrected chi connectivity index (χ4v) is 2.78. The highest BCUT2D eigenvalue weighted by Crippen LogP contribution is 2.32. The van der Waals surface area contributed by atoms with Gasteiger partial charge in [-0.15, -0.1) is 0 Å². The van der Waals surface area contributed by atoms with Crippen LogP contribution in [0.2, 0.25) is 0 Å². The summed E-state index contributed by atoms with van der Waals surface area (Å²) in [6.45, 7) is 0.698. The number of ether oxygens (including phenoxy) is 1. The predicted molar refractivity (Wildman–Crippen MR) is 55.5 cm³/mol. The van der Waals surface area contributed by atoms with Gasteiger partial charge in [0.25, 0.3) is 0 Å². The average molecular weight is 227 g/mol. The van der Waals surface area contributed by atoms with Crippen molar-refractivity contribution in [3.8, 4) is 0 Å². The molecule has 0 aromatic rings. The first-order valence-electron chi connectivity index (χ1n) is 5.70. The van der Waals surface area contributed by atoms with Crippen molar-refractivity contribution in [3.63, 3.8) is 0 Å². The first kappa shape index (κ1) is 11.4. The molecular weight excluding hydrogens is 210 g/mol. The van der Waals surface area contributed by atoms with Crippen LogP contribution in [0.15, 0.2) is 0 Å². The Kier molecular flexibility index (Phi) is 3.14. The Morgan fingerprint density at radius 1 is 1.50 bits per heavy atom. The molecule has 3 atom stereocenters. The van der Waals surface area contributed by atoms with Gasteiger partial charge in [-0.3, -0.25) is 9.59 Å². The van der Waals surface area contributed by atoms with Gasteiger partial charge >= 0.3 is 5.97 Å². The fourth-order valence-electron chi connectivity index (χ4n) is 2.78. The maximum Gasteiger partial charge on any atom is 0.313 e. The highest BCUT2D eigenvalue weighted by Gasteiger charge is 2.44. The minimum Gasteiger partial charge on any atom is -0.469 e. The second-order valence-corrected chi connectivity index (χ2v) is 4.45. The smallest absolute Gasteiger partial charge is 0.313 e. The van der Waals surface area contributed by atoms with Gasteiger partial charge in [0, 0.05) is 19.0 Å². The third-order valence-electron chi connectivity index (χ3n) is 3.58. The van der Waals surface area contributed by atoms with Gasteiger partial charge in [0.2, 0.25) is 5.91 Å². The number of methoxy groups -OCH3 is 1. The lowest BCUT2D eigenvalue weighted by atomic mass is 9.91. The van der Waals surface area contributed by atoms with Crippen molar-refractivity contribution in [3.05, 3.63) is 0 Å². The molecule has 2 aliphatic rings. The van der Waals surface area contributed by atoms with E-state index in [1.54, 1.807) is 4.90 Å². The quantitative estimate of drug-likeness (QED) is 0.636. The Balaban J connectivity index is 2.25. The molecule has 0 bridgehead atoms. The summed E-state index contributed by atoms with van der Waals surface area (Å²) in [7, 11) is 1.32. The molecule has 2 aliphatic heterocycles. The number of hydrogen-bond donors (Lipinski definition) is 1. The minimum absolute atomic E-state index is 0.0490. The van der Waals surface area contributed by atoms with Gasteiger partial charge in [-0.25, -0.2) is 0 Å². The third kappa shape index (κ3) is 1.80. The molecule has 2 fully saturated rings. The van der Waals surface area contributed by atoms with E-state index in [1.807, 2.05) is 0 Å². The van der Waals surface area contributed by atoms with Gasteiger partial charge in [-0.1, -0.05) is 0 Å². The minimum atomic E-state index is -0.760. The number of esters is 1.